The van der Waals surface area contributed by atoms with Crippen LogP contribution >= 0.6 is 0 Å². The number of halogens is 2. The van der Waals surface area contributed by atoms with Gasteiger partial charge < -0.3 is 14.5 Å². The van der Waals surface area contributed by atoms with Crippen molar-refractivity contribution in [2.24, 2.45) is 0 Å². The van der Waals surface area contributed by atoms with Crippen molar-refractivity contribution in [3.8, 4) is 0 Å². The van der Waals surface area contributed by atoms with E-state index < -0.39 is 41.0 Å². The summed E-state index contributed by atoms with van der Waals surface area (Å²) in [5, 5.41) is 6.97. The lowest BCUT2D eigenvalue weighted by atomic mass is 9.87. The Morgan fingerprint density at radius 2 is 1.74 bits per heavy atom. The molecule has 3 amide bonds. The van der Waals surface area contributed by atoms with Crippen LogP contribution in [0.5, 0.6) is 0 Å². The van der Waals surface area contributed by atoms with Crippen molar-refractivity contribution >= 4 is 28.6 Å². The van der Waals surface area contributed by atoms with E-state index in [0.717, 1.165) is 25.0 Å². The highest BCUT2D eigenvalue weighted by atomic mass is 19.1. The van der Waals surface area contributed by atoms with Crippen LogP contribution in [0.3, 0.4) is 0 Å². The molecule has 9 nitrogen and oxygen atoms in total. The Balaban J connectivity index is 1.80. The monoisotopic (exact) mass is 525 g/mol. The number of urea groups is 1. The van der Waals surface area contributed by atoms with Gasteiger partial charge in [0.2, 0.25) is 0 Å². The van der Waals surface area contributed by atoms with Gasteiger partial charge in [0.15, 0.2) is 0 Å². The second kappa shape index (κ2) is 9.38. The van der Waals surface area contributed by atoms with Crippen molar-refractivity contribution in [2.75, 3.05) is 25.0 Å². The second-order valence-corrected chi connectivity index (χ2v) is 10.7. The van der Waals surface area contributed by atoms with Crippen LogP contribution in [0, 0.1) is 11.6 Å². The lowest BCUT2D eigenvalue weighted by molar-refractivity contribution is 0.0537. The van der Waals surface area contributed by atoms with Gasteiger partial charge in [0.25, 0.3) is 5.56 Å². The molecule has 5 rings (SSSR count). The topological polar surface area (TPSA) is 98.8 Å². The molecule has 0 spiro atoms. The van der Waals surface area contributed by atoms with E-state index in [9.17, 15) is 23.2 Å². The molecule has 2 aromatic carbocycles. The van der Waals surface area contributed by atoms with Crippen molar-refractivity contribution < 1.29 is 23.1 Å². The fourth-order valence-electron chi connectivity index (χ4n) is 5.27. The Morgan fingerprint density at radius 3 is 2.37 bits per heavy atom. The number of aromatic nitrogens is 2. The third-order valence-electron chi connectivity index (χ3n) is 6.88. The molecule has 2 atom stereocenters. The Morgan fingerprint density at radius 1 is 1.08 bits per heavy atom. The SMILES string of the molecule is CN(C(=O)N1CCCC1)C1c2n[nH]c(=O)c3cc(F)cc(c23)N(C(=O)OC(C)(C)C)C1c1ccc(F)cc1. The second-order valence-electron chi connectivity index (χ2n) is 10.7. The number of likely N-dealkylation sites (tertiary alicyclic amines) is 1. The summed E-state index contributed by atoms with van der Waals surface area (Å²) >= 11 is 0. The van der Waals surface area contributed by atoms with Crippen LogP contribution in [-0.2, 0) is 4.74 Å². The van der Waals surface area contributed by atoms with Crippen LogP contribution in [0.1, 0.15) is 57.0 Å². The maximum atomic E-state index is 14.9. The number of hydrogen-bond donors (Lipinski definition) is 1. The number of rotatable bonds is 2. The fraction of sp³-hybridized carbons (Fsp3) is 0.407. The third kappa shape index (κ3) is 4.46. The average Bonchev–Trinajstić information content (AvgIpc) is 3.39. The molecule has 2 unspecified atom stereocenters. The maximum absolute atomic E-state index is 14.9. The Labute approximate surface area is 218 Å². The summed E-state index contributed by atoms with van der Waals surface area (Å²) < 4.78 is 34.6. The number of aromatic amines is 1. The van der Waals surface area contributed by atoms with Gasteiger partial charge in [0, 0.05) is 25.5 Å². The van der Waals surface area contributed by atoms with E-state index in [2.05, 4.69) is 10.2 Å². The van der Waals surface area contributed by atoms with Crippen molar-refractivity contribution in [2.45, 2.75) is 51.3 Å². The quantitative estimate of drug-likeness (QED) is 0.514. The minimum Gasteiger partial charge on any atom is -0.443 e. The van der Waals surface area contributed by atoms with Crippen molar-refractivity contribution in [3.63, 3.8) is 0 Å². The molecule has 1 aromatic heterocycles. The lowest BCUT2D eigenvalue weighted by Gasteiger charge is -2.45. The number of ether oxygens (including phenoxy) is 1. The predicted octanol–water partition coefficient (Wildman–Crippen LogP) is 4.89. The van der Waals surface area contributed by atoms with Crippen molar-refractivity contribution in [1.29, 1.82) is 0 Å². The molecule has 0 radical (unpaired) electrons. The number of likely N-dealkylation sites (N-methyl/N-ethyl adjacent to an activating group) is 1. The van der Waals surface area contributed by atoms with Gasteiger partial charge in [-0.3, -0.25) is 9.69 Å². The molecule has 3 aromatic rings. The van der Waals surface area contributed by atoms with Crippen LogP contribution in [-0.4, -0.2) is 57.9 Å². The van der Waals surface area contributed by atoms with Crippen molar-refractivity contribution in [3.05, 3.63) is 69.6 Å². The van der Waals surface area contributed by atoms with E-state index in [0.29, 0.717) is 24.3 Å². The number of hydrogen-bond acceptors (Lipinski definition) is 5. The highest BCUT2D eigenvalue weighted by Gasteiger charge is 2.47. The molecule has 1 saturated heterocycles. The van der Waals surface area contributed by atoms with Crippen molar-refractivity contribution in [1.82, 2.24) is 20.0 Å². The first-order valence-electron chi connectivity index (χ1n) is 12.5. The highest BCUT2D eigenvalue weighted by molar-refractivity contribution is 6.05. The van der Waals surface area contributed by atoms with Gasteiger partial charge in [-0.2, -0.15) is 5.10 Å². The molecule has 0 aliphatic carbocycles. The highest BCUT2D eigenvalue weighted by Crippen LogP contribution is 2.49. The molecule has 38 heavy (non-hydrogen) atoms. The molecular formula is C27H29F2N5O4. The summed E-state index contributed by atoms with van der Waals surface area (Å²) in [4.78, 5) is 44.6. The maximum Gasteiger partial charge on any atom is 0.415 e. The molecule has 11 heteroatoms. The molecule has 1 N–H and O–H groups in total. The van der Waals surface area contributed by atoms with Crippen LogP contribution < -0.4 is 10.5 Å². The predicted molar refractivity (Wildman–Crippen MR) is 137 cm³/mol. The van der Waals surface area contributed by atoms with E-state index in [1.165, 1.54) is 34.1 Å². The normalized spacial score (nSPS) is 19.1. The number of benzene rings is 2. The molecule has 0 bridgehead atoms. The molecule has 2 aliphatic heterocycles. The van der Waals surface area contributed by atoms with Crippen LogP contribution in [0.4, 0.5) is 24.1 Å². The largest absolute Gasteiger partial charge is 0.443 e. The molecule has 2 aliphatic rings. The zero-order chi connectivity index (χ0) is 27.4. The summed E-state index contributed by atoms with van der Waals surface area (Å²) in [6, 6.07) is 5.56. The number of nitrogens with zero attached hydrogens (tertiary/aromatic N) is 4. The van der Waals surface area contributed by atoms with E-state index in [1.807, 2.05) is 0 Å². The van der Waals surface area contributed by atoms with Gasteiger partial charge in [-0.25, -0.2) is 23.5 Å². The van der Waals surface area contributed by atoms with Crippen LogP contribution in [0.2, 0.25) is 0 Å². The number of carbonyl (C=O) groups excluding carboxylic acids is 2. The van der Waals surface area contributed by atoms with E-state index in [4.69, 9.17) is 4.74 Å². The molecule has 3 heterocycles. The first-order chi connectivity index (χ1) is 18.0. The zero-order valence-electron chi connectivity index (χ0n) is 21.6. The van der Waals surface area contributed by atoms with E-state index in [-0.39, 0.29) is 22.5 Å². The molecule has 200 valence electrons. The molecular weight excluding hydrogens is 496 g/mol. The first kappa shape index (κ1) is 25.6. The third-order valence-corrected chi connectivity index (χ3v) is 6.88. The summed E-state index contributed by atoms with van der Waals surface area (Å²) in [5.41, 5.74) is -0.703. The number of H-pyrrole nitrogens is 1. The van der Waals surface area contributed by atoms with Gasteiger partial charge in [-0.05, 0) is 63.4 Å². The van der Waals surface area contributed by atoms with E-state index in [1.54, 1.807) is 32.7 Å². The summed E-state index contributed by atoms with van der Waals surface area (Å²) in [6.07, 6.45) is 0.939. The summed E-state index contributed by atoms with van der Waals surface area (Å²) in [7, 11) is 1.60. The summed E-state index contributed by atoms with van der Waals surface area (Å²) in [6.45, 7) is 6.27. The number of anilines is 1. The zero-order valence-corrected chi connectivity index (χ0v) is 21.6. The van der Waals surface area contributed by atoms with E-state index >= 15 is 0 Å². The van der Waals surface area contributed by atoms with Crippen LogP contribution in [0.15, 0.2) is 41.2 Å². The average molecular weight is 526 g/mol. The smallest absolute Gasteiger partial charge is 0.415 e. The minimum atomic E-state index is -0.974. The number of carbonyl (C=O) groups is 2. The standard InChI is InChI=1S/C27H29F2N5O4/c1-27(2,3)38-26(37)34-19-14-17(29)13-18-20(19)21(30-31-24(18)35)23(22(34)15-7-9-16(28)10-8-15)32(4)25(36)33-11-5-6-12-33/h7-10,13-14,22-23H,5-6,11-12H2,1-4H3,(H,31,35). The van der Waals surface area contributed by atoms with Gasteiger partial charge in [0.1, 0.15) is 23.3 Å². The first-order valence-corrected chi connectivity index (χ1v) is 12.5. The molecule has 0 saturated carbocycles. The Hall–Kier alpha value is -4.02. The number of nitrogens with one attached hydrogen (secondary N) is 1. The minimum absolute atomic E-state index is 0.0110. The lowest BCUT2D eigenvalue weighted by Crippen LogP contribution is -2.51. The fourth-order valence-corrected chi connectivity index (χ4v) is 5.27. The molecule has 1 fully saturated rings. The van der Waals surface area contributed by atoms with Gasteiger partial charge >= 0.3 is 12.1 Å². The van der Waals surface area contributed by atoms with Crippen LogP contribution in [0.25, 0.3) is 10.8 Å². The Bertz CT molecular complexity index is 1460. The van der Waals surface area contributed by atoms with Gasteiger partial charge in [0.05, 0.1) is 22.8 Å². The van der Waals surface area contributed by atoms with Gasteiger partial charge in [-0.1, -0.05) is 12.1 Å². The van der Waals surface area contributed by atoms with Gasteiger partial charge in [-0.15, -0.1) is 0 Å². The summed E-state index contributed by atoms with van der Waals surface area (Å²) in [5.74, 6) is -1.22. The Kier molecular flexibility index (Phi) is 6.32. The number of amides is 3.